The van der Waals surface area contributed by atoms with Gasteiger partial charge in [-0.2, -0.15) is 0 Å². The number of hydrogen-bond acceptors (Lipinski definition) is 1. The number of anilines is 1. The third-order valence-electron chi connectivity index (χ3n) is 2.35. The van der Waals surface area contributed by atoms with Crippen LogP contribution < -0.4 is 5.73 Å². The fraction of sp³-hybridized carbons (Fsp3) is 0.500. The molecule has 1 heteroatoms. The molecule has 13 heavy (non-hydrogen) atoms. The van der Waals surface area contributed by atoms with E-state index in [1.54, 1.807) is 0 Å². The molecule has 2 N–H and O–H groups in total. The summed E-state index contributed by atoms with van der Waals surface area (Å²) in [5.41, 5.74) is 9.50. The minimum atomic E-state index is 0.594. The van der Waals surface area contributed by atoms with E-state index >= 15 is 0 Å². The molecule has 1 aromatic carbocycles. The highest BCUT2D eigenvalue weighted by Gasteiger charge is 2.02. The minimum absolute atomic E-state index is 0.594. The largest absolute Gasteiger partial charge is 0.399 e. The highest BCUT2D eigenvalue weighted by Crippen LogP contribution is 2.21. The fourth-order valence-electron chi connectivity index (χ4n) is 1.47. The van der Waals surface area contributed by atoms with E-state index in [-0.39, 0.29) is 0 Å². The van der Waals surface area contributed by atoms with E-state index in [1.165, 1.54) is 11.1 Å². The van der Waals surface area contributed by atoms with Gasteiger partial charge in [0.25, 0.3) is 0 Å². The van der Waals surface area contributed by atoms with E-state index in [4.69, 9.17) is 5.73 Å². The van der Waals surface area contributed by atoms with E-state index in [0.717, 1.165) is 18.5 Å². The fourth-order valence-corrected chi connectivity index (χ4v) is 1.47. The van der Waals surface area contributed by atoms with Crippen molar-refractivity contribution < 1.29 is 0 Å². The maximum atomic E-state index is 5.88. The zero-order valence-corrected chi connectivity index (χ0v) is 8.80. The second-order valence-corrected chi connectivity index (χ2v) is 3.86. The lowest BCUT2D eigenvalue weighted by Gasteiger charge is -2.10. The van der Waals surface area contributed by atoms with Gasteiger partial charge >= 0.3 is 0 Å². The molecule has 1 nitrogen and oxygen atoms in total. The van der Waals surface area contributed by atoms with Crippen LogP contribution in [-0.2, 0) is 6.42 Å². The second-order valence-electron chi connectivity index (χ2n) is 3.86. The normalized spacial score (nSPS) is 10.8. The van der Waals surface area contributed by atoms with E-state index in [1.807, 2.05) is 6.07 Å². The number of aryl methyl sites for hydroxylation is 1. The van der Waals surface area contributed by atoms with Crippen molar-refractivity contribution in [2.75, 3.05) is 5.73 Å². The first-order valence-corrected chi connectivity index (χ1v) is 5.03. The Kier molecular flexibility index (Phi) is 3.35. The number of nitrogens with two attached hydrogens (primary N) is 1. The molecule has 0 aliphatic carbocycles. The van der Waals surface area contributed by atoms with Gasteiger partial charge in [0.15, 0.2) is 0 Å². The summed E-state index contributed by atoms with van der Waals surface area (Å²) in [6.45, 7) is 6.60. The zero-order valence-electron chi connectivity index (χ0n) is 8.80. The standard InChI is InChI=1S/C12H19N/c1-4-5-11-8-10(9(2)3)6-7-12(11)13/h6-9H,4-5,13H2,1-3H3. The van der Waals surface area contributed by atoms with Crippen LogP contribution in [0.15, 0.2) is 18.2 Å². The van der Waals surface area contributed by atoms with E-state index < -0.39 is 0 Å². The van der Waals surface area contributed by atoms with Gasteiger partial charge in [0, 0.05) is 5.69 Å². The van der Waals surface area contributed by atoms with Gasteiger partial charge in [-0.15, -0.1) is 0 Å². The Morgan fingerprint density at radius 1 is 1.31 bits per heavy atom. The minimum Gasteiger partial charge on any atom is -0.399 e. The van der Waals surface area contributed by atoms with Crippen LogP contribution in [0.1, 0.15) is 44.2 Å². The van der Waals surface area contributed by atoms with Crippen molar-refractivity contribution >= 4 is 5.69 Å². The highest BCUT2D eigenvalue weighted by atomic mass is 14.6. The Morgan fingerprint density at radius 2 is 2.00 bits per heavy atom. The number of hydrogen-bond donors (Lipinski definition) is 1. The van der Waals surface area contributed by atoms with Crippen LogP contribution in [0.3, 0.4) is 0 Å². The first-order valence-electron chi connectivity index (χ1n) is 5.03. The van der Waals surface area contributed by atoms with Gasteiger partial charge in [0.05, 0.1) is 0 Å². The molecule has 1 rings (SSSR count). The molecule has 1 aromatic rings. The van der Waals surface area contributed by atoms with E-state index in [9.17, 15) is 0 Å². The average Bonchev–Trinajstić information content (AvgIpc) is 2.08. The molecule has 0 spiro atoms. The molecule has 0 aromatic heterocycles. The SMILES string of the molecule is CCCc1cc(C(C)C)ccc1N. The lowest BCUT2D eigenvalue weighted by Crippen LogP contribution is -1.97. The Labute approximate surface area is 81.0 Å². The van der Waals surface area contributed by atoms with Crippen molar-refractivity contribution in [3.05, 3.63) is 29.3 Å². The van der Waals surface area contributed by atoms with Gasteiger partial charge in [-0.25, -0.2) is 0 Å². The van der Waals surface area contributed by atoms with E-state index in [0.29, 0.717) is 5.92 Å². The summed E-state index contributed by atoms with van der Waals surface area (Å²) in [7, 11) is 0. The average molecular weight is 177 g/mol. The molecule has 72 valence electrons. The van der Waals surface area contributed by atoms with Gasteiger partial charge in [0.2, 0.25) is 0 Å². The molecule has 0 atom stereocenters. The van der Waals surface area contributed by atoms with Crippen LogP contribution >= 0.6 is 0 Å². The summed E-state index contributed by atoms with van der Waals surface area (Å²) in [5.74, 6) is 0.594. The third kappa shape index (κ3) is 2.48. The second kappa shape index (κ2) is 4.31. The molecule has 0 fully saturated rings. The summed E-state index contributed by atoms with van der Waals surface area (Å²) in [6, 6.07) is 6.39. The summed E-state index contributed by atoms with van der Waals surface area (Å²) in [6.07, 6.45) is 2.25. The van der Waals surface area contributed by atoms with Crippen molar-refractivity contribution in [2.45, 2.75) is 39.5 Å². The Morgan fingerprint density at radius 3 is 2.54 bits per heavy atom. The van der Waals surface area contributed by atoms with Crippen LogP contribution in [0.5, 0.6) is 0 Å². The quantitative estimate of drug-likeness (QED) is 0.704. The lowest BCUT2D eigenvalue weighted by molar-refractivity contribution is 0.855. The molecule has 0 aliphatic rings. The maximum Gasteiger partial charge on any atom is 0.0346 e. The van der Waals surface area contributed by atoms with Gasteiger partial charge in [-0.05, 0) is 29.5 Å². The Balaban J connectivity index is 2.97. The zero-order chi connectivity index (χ0) is 9.84. The monoisotopic (exact) mass is 177 g/mol. The maximum absolute atomic E-state index is 5.88. The van der Waals surface area contributed by atoms with Crippen LogP contribution in [0.25, 0.3) is 0 Å². The molecule has 0 heterocycles. The van der Waals surface area contributed by atoms with Gasteiger partial charge in [-0.3, -0.25) is 0 Å². The van der Waals surface area contributed by atoms with E-state index in [2.05, 4.69) is 32.9 Å². The first kappa shape index (κ1) is 10.1. The number of nitrogen functional groups attached to an aromatic ring is 1. The number of rotatable bonds is 3. The molecule has 0 bridgehead atoms. The third-order valence-corrected chi connectivity index (χ3v) is 2.35. The molecule has 0 radical (unpaired) electrons. The van der Waals surface area contributed by atoms with Crippen molar-refractivity contribution in [1.82, 2.24) is 0 Å². The molecular weight excluding hydrogens is 158 g/mol. The highest BCUT2D eigenvalue weighted by molar-refractivity contribution is 5.49. The van der Waals surface area contributed by atoms with Crippen molar-refractivity contribution in [2.24, 2.45) is 0 Å². The lowest BCUT2D eigenvalue weighted by atomic mass is 9.98. The van der Waals surface area contributed by atoms with Crippen molar-refractivity contribution in [3.8, 4) is 0 Å². The Hall–Kier alpha value is -0.980. The summed E-state index contributed by atoms with van der Waals surface area (Å²) in [5, 5.41) is 0. The van der Waals surface area contributed by atoms with Crippen molar-refractivity contribution in [3.63, 3.8) is 0 Å². The van der Waals surface area contributed by atoms with Crippen LogP contribution in [-0.4, -0.2) is 0 Å². The molecule has 0 saturated heterocycles. The summed E-state index contributed by atoms with van der Waals surface area (Å²) >= 11 is 0. The molecular formula is C12H19N. The molecule has 0 saturated carbocycles. The predicted molar refractivity (Wildman–Crippen MR) is 58.9 cm³/mol. The van der Waals surface area contributed by atoms with Crippen molar-refractivity contribution in [1.29, 1.82) is 0 Å². The van der Waals surface area contributed by atoms with Crippen LogP contribution in [0.2, 0.25) is 0 Å². The van der Waals surface area contributed by atoms with Gasteiger partial charge in [-0.1, -0.05) is 39.3 Å². The number of benzene rings is 1. The Bertz CT molecular complexity index is 276. The van der Waals surface area contributed by atoms with Gasteiger partial charge < -0.3 is 5.73 Å². The summed E-state index contributed by atoms with van der Waals surface area (Å²) < 4.78 is 0. The summed E-state index contributed by atoms with van der Waals surface area (Å²) in [4.78, 5) is 0. The predicted octanol–water partition coefficient (Wildman–Crippen LogP) is 3.34. The first-order chi connectivity index (χ1) is 6.15. The smallest absolute Gasteiger partial charge is 0.0346 e. The van der Waals surface area contributed by atoms with Crippen LogP contribution in [0, 0.1) is 0 Å². The molecule has 0 amide bonds. The molecule has 0 unspecified atom stereocenters. The topological polar surface area (TPSA) is 26.0 Å². The molecule has 0 aliphatic heterocycles. The van der Waals surface area contributed by atoms with Gasteiger partial charge in [0.1, 0.15) is 0 Å². The van der Waals surface area contributed by atoms with Crippen LogP contribution in [0.4, 0.5) is 5.69 Å².